The van der Waals surface area contributed by atoms with Crippen molar-refractivity contribution in [1.82, 2.24) is 30.4 Å². The lowest BCUT2D eigenvalue weighted by atomic mass is 9.91. The number of nitrogens with one attached hydrogen (secondary N) is 3. The third kappa shape index (κ3) is 7.89. The van der Waals surface area contributed by atoms with E-state index in [0.29, 0.717) is 62.2 Å². The summed E-state index contributed by atoms with van der Waals surface area (Å²) in [5, 5.41) is 9.96. The number of piperidine rings is 1. The van der Waals surface area contributed by atoms with Gasteiger partial charge in [0.25, 0.3) is 0 Å². The first-order valence-electron chi connectivity index (χ1n) is 19.8. The largest absolute Gasteiger partial charge is 0.368 e. The van der Waals surface area contributed by atoms with Gasteiger partial charge in [0.2, 0.25) is 23.7 Å². The normalized spacial score (nSPS) is 23.0. The van der Waals surface area contributed by atoms with Crippen molar-refractivity contribution < 1.29 is 23.5 Å². The number of ether oxygens (including phenoxy) is 1. The molecule has 5 aliphatic rings. The quantitative estimate of drug-likeness (QED) is 0.215. The van der Waals surface area contributed by atoms with E-state index in [1.54, 1.807) is 18.3 Å². The number of morpholine rings is 1. The van der Waals surface area contributed by atoms with Crippen molar-refractivity contribution in [2.75, 3.05) is 62.6 Å². The fraction of sp³-hybridized carbons (Fsp3) is 0.395. The number of imide groups is 1. The maximum Gasteiger partial charge on any atom is 0.230 e. The van der Waals surface area contributed by atoms with Gasteiger partial charge in [-0.2, -0.15) is 0 Å². The monoisotopic (exact) mass is 771 g/mol. The average Bonchev–Trinajstić information content (AvgIpc) is 3.20. The van der Waals surface area contributed by atoms with Crippen molar-refractivity contribution in [3.05, 3.63) is 94.9 Å². The standard InChI is InChI=1S/C43H46FN9O4/c1-26-35(23-46-42-40(26)45-12-17-57-42)28-4-5-31-22-47-43(49-37(31)19-28)48-32-8-6-29(36(44)21-32)20-39(55)52-15-13-51(14-16-52)34-24-53(25-34)33-9-2-27(3-10-33)18-30-7-11-38(54)50-41(30)56/h2-6,8-10,19,21-23,30,34,40,42,45H,7,11-18,20,24-25H2,1H3,(H,47,48,49)(H,50,54,56)/t30?,40-,42?/m1/s1. The molecule has 0 aliphatic carbocycles. The van der Waals surface area contributed by atoms with Gasteiger partial charge in [-0.15, -0.1) is 0 Å². The minimum Gasteiger partial charge on any atom is -0.368 e. The highest BCUT2D eigenvalue weighted by Crippen LogP contribution is 2.30. The van der Waals surface area contributed by atoms with Crippen LogP contribution in [0.15, 0.2) is 77.4 Å². The number of rotatable bonds is 9. The number of hydrogen-bond acceptors (Lipinski definition) is 11. The van der Waals surface area contributed by atoms with E-state index in [1.807, 2.05) is 29.3 Å². The molecular weight excluding hydrogens is 726 g/mol. The molecule has 4 fully saturated rings. The minimum absolute atomic E-state index is 0.0000696. The topological polar surface area (TPSA) is 144 Å². The molecular formula is C43H46FN9O4. The molecule has 0 saturated carbocycles. The van der Waals surface area contributed by atoms with E-state index in [1.165, 1.54) is 11.6 Å². The molecule has 13 nitrogen and oxygen atoms in total. The van der Waals surface area contributed by atoms with E-state index < -0.39 is 5.82 Å². The number of piperazine rings is 1. The number of nitrogens with zero attached hydrogens (tertiary/aromatic N) is 6. The highest BCUT2D eigenvalue weighted by atomic mass is 19.1. The van der Waals surface area contributed by atoms with Gasteiger partial charge < -0.3 is 25.2 Å². The smallest absolute Gasteiger partial charge is 0.230 e. The van der Waals surface area contributed by atoms with Crippen LogP contribution in [0, 0.1) is 11.7 Å². The van der Waals surface area contributed by atoms with Crippen LogP contribution in [-0.2, 0) is 32.0 Å². The molecule has 57 heavy (non-hydrogen) atoms. The summed E-state index contributed by atoms with van der Waals surface area (Å²) < 4.78 is 21.2. The van der Waals surface area contributed by atoms with E-state index >= 15 is 4.39 Å². The number of benzene rings is 3. The van der Waals surface area contributed by atoms with Gasteiger partial charge in [-0.3, -0.25) is 29.6 Å². The van der Waals surface area contributed by atoms with Gasteiger partial charge in [0.05, 0.1) is 24.6 Å². The molecule has 0 spiro atoms. The summed E-state index contributed by atoms with van der Waals surface area (Å²) in [6, 6.07) is 19.7. The van der Waals surface area contributed by atoms with Crippen LogP contribution in [0.1, 0.15) is 36.5 Å². The molecule has 0 radical (unpaired) electrons. The third-order valence-electron chi connectivity index (χ3n) is 12.0. The fourth-order valence-electron chi connectivity index (χ4n) is 8.52. The Bertz CT molecular complexity index is 2270. The summed E-state index contributed by atoms with van der Waals surface area (Å²) in [5.74, 6) is -0.703. The van der Waals surface area contributed by atoms with Crippen molar-refractivity contribution in [3.8, 4) is 0 Å². The molecule has 14 heteroatoms. The summed E-state index contributed by atoms with van der Waals surface area (Å²) in [6.45, 7) is 8.16. The molecule has 294 valence electrons. The number of aromatic nitrogens is 2. The summed E-state index contributed by atoms with van der Waals surface area (Å²) in [5.41, 5.74) is 7.05. The van der Waals surface area contributed by atoms with Gasteiger partial charge in [-0.1, -0.05) is 30.3 Å². The molecule has 3 amide bonds. The second-order valence-corrected chi connectivity index (χ2v) is 15.6. The van der Waals surface area contributed by atoms with Crippen LogP contribution in [0.25, 0.3) is 16.5 Å². The molecule has 4 saturated heterocycles. The van der Waals surface area contributed by atoms with Crippen LogP contribution in [0.5, 0.6) is 0 Å². The third-order valence-corrected chi connectivity index (χ3v) is 12.0. The molecule has 1 aromatic heterocycles. The Kier molecular flexibility index (Phi) is 10.2. The zero-order chi connectivity index (χ0) is 39.0. The number of dihydropyridines is 1. The lowest BCUT2D eigenvalue weighted by Gasteiger charge is -2.49. The SMILES string of the molecule is CC1=C(c2ccc3cnc(Nc4ccc(CC(=O)N5CCN(C6CN(c7ccc(CC8CCC(=O)NC8=O)cc7)C6)CC5)c(F)c4)nc3c2)C=NC2OCCN[C@H]12. The van der Waals surface area contributed by atoms with Gasteiger partial charge in [0.15, 0.2) is 6.23 Å². The van der Waals surface area contributed by atoms with Crippen molar-refractivity contribution in [1.29, 1.82) is 0 Å². The van der Waals surface area contributed by atoms with Gasteiger partial charge in [-0.25, -0.2) is 14.4 Å². The summed E-state index contributed by atoms with van der Waals surface area (Å²) >= 11 is 0. The van der Waals surface area contributed by atoms with Crippen molar-refractivity contribution >= 4 is 57.7 Å². The average molecular weight is 772 g/mol. The Labute approximate surface area is 330 Å². The zero-order valence-electron chi connectivity index (χ0n) is 31.9. The number of fused-ring (bicyclic) bond motifs is 2. The Morgan fingerprint density at radius 2 is 1.84 bits per heavy atom. The van der Waals surface area contributed by atoms with Crippen LogP contribution in [-0.4, -0.2) is 114 Å². The van der Waals surface area contributed by atoms with E-state index in [4.69, 9.17) is 9.72 Å². The highest BCUT2D eigenvalue weighted by Gasteiger charge is 2.35. The van der Waals surface area contributed by atoms with Crippen LogP contribution >= 0.6 is 0 Å². The predicted octanol–water partition coefficient (Wildman–Crippen LogP) is 3.86. The maximum atomic E-state index is 15.4. The second-order valence-electron chi connectivity index (χ2n) is 15.6. The number of halogens is 1. The van der Waals surface area contributed by atoms with Gasteiger partial charge in [0, 0.05) is 98.9 Å². The van der Waals surface area contributed by atoms with Crippen LogP contribution in [0.3, 0.4) is 0 Å². The molecule has 3 aromatic carbocycles. The maximum absolute atomic E-state index is 15.4. The number of amides is 3. The number of allylic oxidation sites excluding steroid dienone is 1. The summed E-state index contributed by atoms with van der Waals surface area (Å²) in [7, 11) is 0. The van der Waals surface area contributed by atoms with Gasteiger partial charge in [0.1, 0.15) is 5.82 Å². The van der Waals surface area contributed by atoms with Crippen LogP contribution < -0.4 is 20.9 Å². The molecule has 2 unspecified atom stereocenters. The van der Waals surface area contributed by atoms with Crippen LogP contribution in [0.4, 0.5) is 21.7 Å². The first kappa shape index (κ1) is 37.0. The number of anilines is 3. The van der Waals surface area contributed by atoms with Gasteiger partial charge >= 0.3 is 0 Å². The molecule has 3 N–H and O–H groups in total. The van der Waals surface area contributed by atoms with E-state index in [-0.39, 0.29) is 42.3 Å². The molecule has 4 aromatic rings. The fourth-order valence-corrected chi connectivity index (χ4v) is 8.52. The predicted molar refractivity (Wildman–Crippen MR) is 216 cm³/mol. The molecule has 5 aliphatic heterocycles. The van der Waals surface area contributed by atoms with Crippen molar-refractivity contribution in [3.63, 3.8) is 0 Å². The minimum atomic E-state index is -0.453. The van der Waals surface area contributed by atoms with Crippen molar-refractivity contribution in [2.45, 2.75) is 50.9 Å². The molecule has 3 atom stereocenters. The highest BCUT2D eigenvalue weighted by molar-refractivity contribution is 6.12. The first-order valence-corrected chi connectivity index (χ1v) is 19.8. The number of hydrogen-bond donors (Lipinski definition) is 3. The summed E-state index contributed by atoms with van der Waals surface area (Å²) in [4.78, 5) is 57.3. The lowest BCUT2D eigenvalue weighted by molar-refractivity contribution is -0.136. The first-order chi connectivity index (χ1) is 27.7. The number of carbonyl (C=O) groups excluding carboxylic acids is 3. The molecule has 9 rings (SSSR count). The Morgan fingerprint density at radius 1 is 1.02 bits per heavy atom. The van der Waals surface area contributed by atoms with Crippen LogP contribution in [0.2, 0.25) is 0 Å². The van der Waals surface area contributed by atoms with E-state index in [9.17, 15) is 14.4 Å². The van der Waals surface area contributed by atoms with E-state index in [2.05, 4.69) is 66.9 Å². The molecule has 0 bridgehead atoms. The van der Waals surface area contributed by atoms with Gasteiger partial charge in [-0.05, 0) is 72.4 Å². The van der Waals surface area contributed by atoms with E-state index in [0.717, 1.165) is 66.0 Å². The Hall–Kier alpha value is -5.57. The Balaban J connectivity index is 0.749. The second kappa shape index (κ2) is 15.8. The molecule has 6 heterocycles. The zero-order valence-corrected chi connectivity index (χ0v) is 31.9. The lowest BCUT2D eigenvalue weighted by Crippen LogP contribution is -2.63. The van der Waals surface area contributed by atoms with Crippen molar-refractivity contribution in [2.24, 2.45) is 10.9 Å². The number of aliphatic imine (C=N–C) groups is 1. The summed E-state index contributed by atoms with van der Waals surface area (Å²) in [6.07, 6.45) is 5.05. The Morgan fingerprint density at radius 3 is 2.63 bits per heavy atom. The number of carbonyl (C=O) groups is 3.